The van der Waals surface area contributed by atoms with Crippen molar-refractivity contribution < 1.29 is 24.2 Å². The van der Waals surface area contributed by atoms with Gasteiger partial charge in [-0.15, -0.1) is 12.4 Å². The third-order valence-corrected chi connectivity index (χ3v) is 5.94. The van der Waals surface area contributed by atoms with E-state index >= 15 is 0 Å². The highest BCUT2D eigenvalue weighted by Crippen LogP contribution is 2.22. The largest absolute Gasteiger partial charge is 0.497 e. The molecule has 0 saturated carbocycles. The maximum absolute atomic E-state index is 13.0. The summed E-state index contributed by atoms with van der Waals surface area (Å²) in [7, 11) is 1.54. The van der Waals surface area contributed by atoms with E-state index in [0.717, 1.165) is 25.1 Å². The Bertz CT molecular complexity index is 1250. The van der Waals surface area contributed by atoms with Crippen LogP contribution in [0.25, 0.3) is 0 Å². The fourth-order valence-corrected chi connectivity index (χ4v) is 4.07. The number of benzene rings is 3. The highest BCUT2D eigenvalue weighted by Gasteiger charge is 2.20. The molecule has 188 valence electrons. The minimum atomic E-state index is -1.04. The Labute approximate surface area is 215 Å². The van der Waals surface area contributed by atoms with Gasteiger partial charge in [-0.05, 0) is 72.1 Å². The fourth-order valence-electron chi connectivity index (χ4n) is 4.07. The molecular weight excluding hydrogens is 482 g/mol. The number of aliphatic carboxylic acids is 1. The zero-order chi connectivity index (χ0) is 24.8. The van der Waals surface area contributed by atoms with Gasteiger partial charge in [0.15, 0.2) is 0 Å². The summed E-state index contributed by atoms with van der Waals surface area (Å²) in [6.45, 7) is 1.71. The number of nitrogens with one attached hydrogen (secondary N) is 3. The summed E-state index contributed by atoms with van der Waals surface area (Å²) in [6, 6.07) is 18.3. The molecule has 0 aliphatic carbocycles. The van der Waals surface area contributed by atoms with Crippen molar-refractivity contribution in [2.45, 2.75) is 25.4 Å². The van der Waals surface area contributed by atoms with E-state index in [1.165, 1.54) is 18.7 Å². The number of methoxy groups -OCH3 is 1. The lowest BCUT2D eigenvalue weighted by atomic mass is 10.0. The monoisotopic (exact) mass is 509 g/mol. The average molecular weight is 510 g/mol. The molecule has 0 aromatic heterocycles. The van der Waals surface area contributed by atoms with Crippen LogP contribution in [0.15, 0.2) is 66.7 Å². The summed E-state index contributed by atoms with van der Waals surface area (Å²) in [5.41, 5.74) is 4.34. The first-order valence-corrected chi connectivity index (χ1v) is 11.3. The Morgan fingerprint density at radius 2 is 1.69 bits per heavy atom. The van der Waals surface area contributed by atoms with Gasteiger partial charge in [-0.25, -0.2) is 0 Å². The fraction of sp³-hybridized carbons (Fsp3) is 0.222. The third-order valence-electron chi connectivity index (χ3n) is 5.94. The summed E-state index contributed by atoms with van der Waals surface area (Å²) >= 11 is 0. The average Bonchev–Trinajstić information content (AvgIpc) is 2.88. The second kappa shape index (κ2) is 12.2. The van der Waals surface area contributed by atoms with Crippen LogP contribution >= 0.6 is 12.4 Å². The third kappa shape index (κ3) is 6.62. The number of halogens is 1. The SMILES string of the molecule is COc1ccc(C(CC(=O)O)NC(=O)c2cccc(C(=O)Nc3ccc4c(c3)CNCC4)c2)cc1.Cl. The maximum Gasteiger partial charge on any atom is 0.305 e. The standard InChI is InChI=1S/C27H27N3O5.ClH/c1-35-23-9-6-18(7-10-23)24(15-25(31)32)30-27(34)20-4-2-3-19(13-20)26(33)29-22-8-5-17-11-12-28-16-21(17)14-22;/h2-10,13-14,24,28H,11-12,15-16H2,1H3,(H,29,33)(H,30,34)(H,31,32);1H. The normalized spacial score (nSPS) is 12.9. The van der Waals surface area contributed by atoms with E-state index < -0.39 is 17.9 Å². The molecule has 2 amide bonds. The molecule has 3 aromatic carbocycles. The first kappa shape index (κ1) is 26.7. The van der Waals surface area contributed by atoms with Crippen molar-refractivity contribution in [1.29, 1.82) is 0 Å². The molecule has 1 aliphatic heterocycles. The second-order valence-electron chi connectivity index (χ2n) is 8.34. The van der Waals surface area contributed by atoms with Gasteiger partial charge in [0.1, 0.15) is 5.75 Å². The summed E-state index contributed by atoms with van der Waals surface area (Å²) in [5.74, 6) is -1.22. The Morgan fingerprint density at radius 1 is 0.972 bits per heavy atom. The van der Waals surface area contributed by atoms with Crippen molar-refractivity contribution in [3.8, 4) is 5.75 Å². The van der Waals surface area contributed by atoms with Crippen LogP contribution < -0.4 is 20.7 Å². The van der Waals surface area contributed by atoms with Gasteiger partial charge in [-0.1, -0.05) is 24.3 Å². The maximum atomic E-state index is 13.0. The van der Waals surface area contributed by atoms with Crippen molar-refractivity contribution in [3.63, 3.8) is 0 Å². The Kier molecular flexibility index (Phi) is 9.05. The number of hydrogen-bond donors (Lipinski definition) is 4. The van der Waals surface area contributed by atoms with Gasteiger partial charge in [0.2, 0.25) is 0 Å². The molecule has 0 radical (unpaired) electrons. The van der Waals surface area contributed by atoms with Gasteiger partial charge in [0.05, 0.1) is 19.6 Å². The lowest BCUT2D eigenvalue weighted by Gasteiger charge is -2.18. The van der Waals surface area contributed by atoms with Gasteiger partial charge >= 0.3 is 5.97 Å². The van der Waals surface area contributed by atoms with E-state index in [9.17, 15) is 19.5 Å². The van der Waals surface area contributed by atoms with Crippen LogP contribution in [-0.4, -0.2) is 36.5 Å². The number of hydrogen-bond acceptors (Lipinski definition) is 5. The number of carboxylic acids is 1. The summed E-state index contributed by atoms with van der Waals surface area (Å²) < 4.78 is 5.14. The smallest absolute Gasteiger partial charge is 0.305 e. The lowest BCUT2D eigenvalue weighted by Crippen LogP contribution is -2.30. The molecule has 4 rings (SSSR count). The Morgan fingerprint density at radius 3 is 2.39 bits per heavy atom. The van der Waals surface area contributed by atoms with E-state index in [1.807, 2.05) is 18.2 Å². The number of amides is 2. The topological polar surface area (TPSA) is 117 Å². The van der Waals surface area contributed by atoms with Crippen LogP contribution in [0.2, 0.25) is 0 Å². The molecule has 8 nitrogen and oxygen atoms in total. The van der Waals surface area contributed by atoms with E-state index in [4.69, 9.17) is 4.74 Å². The molecule has 0 bridgehead atoms. The molecule has 1 aliphatic rings. The second-order valence-corrected chi connectivity index (χ2v) is 8.34. The van der Waals surface area contributed by atoms with E-state index in [0.29, 0.717) is 22.6 Å². The van der Waals surface area contributed by atoms with Gasteiger partial charge in [-0.3, -0.25) is 14.4 Å². The van der Waals surface area contributed by atoms with Crippen molar-refractivity contribution >= 4 is 35.9 Å². The summed E-state index contributed by atoms with van der Waals surface area (Å²) in [6.07, 6.45) is 0.672. The lowest BCUT2D eigenvalue weighted by molar-refractivity contribution is -0.137. The van der Waals surface area contributed by atoms with Crippen LogP contribution in [0.1, 0.15) is 49.9 Å². The predicted octanol–water partition coefficient (Wildman–Crippen LogP) is 3.96. The molecular formula is C27H28ClN3O5. The van der Waals surface area contributed by atoms with Gasteiger partial charge < -0.3 is 25.8 Å². The van der Waals surface area contributed by atoms with Gasteiger partial charge in [-0.2, -0.15) is 0 Å². The van der Waals surface area contributed by atoms with Crippen molar-refractivity contribution in [2.75, 3.05) is 19.0 Å². The molecule has 0 spiro atoms. The molecule has 9 heteroatoms. The van der Waals surface area contributed by atoms with Crippen LogP contribution in [0.5, 0.6) is 5.75 Å². The van der Waals surface area contributed by atoms with Gasteiger partial charge in [0.25, 0.3) is 11.8 Å². The Hall–Kier alpha value is -3.88. The van der Waals surface area contributed by atoms with Crippen LogP contribution in [0.4, 0.5) is 5.69 Å². The zero-order valence-corrected chi connectivity index (χ0v) is 20.6. The minimum absolute atomic E-state index is 0. The number of carbonyl (C=O) groups excluding carboxylic acids is 2. The van der Waals surface area contributed by atoms with Crippen molar-refractivity contribution in [1.82, 2.24) is 10.6 Å². The molecule has 1 unspecified atom stereocenters. The highest BCUT2D eigenvalue weighted by atomic mass is 35.5. The first-order valence-electron chi connectivity index (χ1n) is 11.3. The highest BCUT2D eigenvalue weighted by molar-refractivity contribution is 6.06. The van der Waals surface area contributed by atoms with Crippen LogP contribution in [0.3, 0.4) is 0 Å². The van der Waals surface area contributed by atoms with E-state index in [2.05, 4.69) is 16.0 Å². The molecule has 0 saturated heterocycles. The van der Waals surface area contributed by atoms with Crippen molar-refractivity contribution in [3.05, 3.63) is 94.5 Å². The number of anilines is 1. The molecule has 3 aromatic rings. The molecule has 4 N–H and O–H groups in total. The van der Waals surface area contributed by atoms with E-state index in [1.54, 1.807) is 42.5 Å². The van der Waals surface area contributed by atoms with Gasteiger partial charge in [0, 0.05) is 23.4 Å². The first-order chi connectivity index (χ1) is 16.9. The number of rotatable bonds is 8. The molecule has 36 heavy (non-hydrogen) atoms. The molecule has 1 heterocycles. The number of carbonyl (C=O) groups is 3. The van der Waals surface area contributed by atoms with E-state index in [-0.39, 0.29) is 30.3 Å². The zero-order valence-electron chi connectivity index (χ0n) is 19.7. The number of carboxylic acid groups (broad SMARTS) is 1. The minimum Gasteiger partial charge on any atom is -0.497 e. The Balaban J connectivity index is 0.00000361. The quantitative estimate of drug-likeness (QED) is 0.365. The molecule has 0 fully saturated rings. The van der Waals surface area contributed by atoms with Crippen LogP contribution in [0, 0.1) is 0 Å². The van der Waals surface area contributed by atoms with Crippen LogP contribution in [-0.2, 0) is 17.8 Å². The number of ether oxygens (including phenoxy) is 1. The molecule has 1 atom stereocenters. The number of fused-ring (bicyclic) bond motifs is 1. The summed E-state index contributed by atoms with van der Waals surface area (Å²) in [5, 5.41) is 18.3. The summed E-state index contributed by atoms with van der Waals surface area (Å²) in [4.78, 5) is 37.2. The van der Waals surface area contributed by atoms with Crippen molar-refractivity contribution in [2.24, 2.45) is 0 Å². The predicted molar refractivity (Wildman–Crippen MR) is 139 cm³/mol.